The minimum Gasteiger partial charge on any atom is -0.320 e. The summed E-state index contributed by atoms with van der Waals surface area (Å²) in [7, 11) is 1.69. The lowest BCUT2D eigenvalue weighted by Gasteiger charge is -2.23. The Morgan fingerprint density at radius 1 is 0.828 bits per heavy atom. The molecule has 2 aromatic carbocycles. The molecule has 5 nitrogen and oxygen atoms in total. The molecule has 0 unspecified atom stereocenters. The fraction of sp³-hybridized carbons (Fsp3) is 0.208. The van der Waals surface area contributed by atoms with Crippen LogP contribution in [0.5, 0.6) is 0 Å². The molecular weight excluding hydrogens is 362 g/mol. The van der Waals surface area contributed by atoms with Crippen LogP contribution in [0.15, 0.2) is 72.8 Å². The van der Waals surface area contributed by atoms with Crippen molar-refractivity contribution in [1.82, 2.24) is 4.98 Å². The zero-order valence-electron chi connectivity index (χ0n) is 17.1. The first-order valence-corrected chi connectivity index (χ1v) is 9.48. The van der Waals surface area contributed by atoms with Gasteiger partial charge in [-0.3, -0.25) is 9.59 Å². The fourth-order valence-corrected chi connectivity index (χ4v) is 3.05. The average molecular weight is 387 g/mol. The first kappa shape index (κ1) is 20.3. The molecule has 148 valence electrons. The van der Waals surface area contributed by atoms with Crippen molar-refractivity contribution in [2.24, 2.45) is 0 Å². The molecule has 1 aromatic heterocycles. The summed E-state index contributed by atoms with van der Waals surface area (Å²) >= 11 is 0. The lowest BCUT2D eigenvalue weighted by molar-refractivity contribution is 0.0988. The maximum Gasteiger partial charge on any atom is 0.276 e. The molecule has 29 heavy (non-hydrogen) atoms. The molecular formula is C24H25N3O2. The van der Waals surface area contributed by atoms with Crippen molar-refractivity contribution in [3.8, 4) is 0 Å². The van der Waals surface area contributed by atoms with Gasteiger partial charge in [0.05, 0.1) is 0 Å². The van der Waals surface area contributed by atoms with Crippen molar-refractivity contribution in [3.05, 3.63) is 89.7 Å². The number of benzene rings is 2. The number of amides is 2. The molecule has 0 fully saturated rings. The molecule has 3 rings (SSSR count). The second-order valence-electron chi connectivity index (χ2n) is 7.86. The second kappa shape index (κ2) is 8.27. The third-order valence-corrected chi connectivity index (χ3v) is 4.63. The first-order valence-electron chi connectivity index (χ1n) is 9.48. The van der Waals surface area contributed by atoms with E-state index in [1.165, 1.54) is 4.90 Å². The van der Waals surface area contributed by atoms with Gasteiger partial charge in [-0.2, -0.15) is 0 Å². The van der Waals surface area contributed by atoms with Crippen LogP contribution >= 0.6 is 0 Å². The van der Waals surface area contributed by atoms with Crippen LogP contribution in [0.2, 0.25) is 0 Å². The third-order valence-electron chi connectivity index (χ3n) is 4.63. The molecule has 0 aliphatic carbocycles. The highest BCUT2D eigenvalue weighted by molar-refractivity contribution is 6.07. The van der Waals surface area contributed by atoms with Crippen LogP contribution in [0.25, 0.3) is 0 Å². The average Bonchev–Trinajstić information content (AvgIpc) is 2.73. The van der Waals surface area contributed by atoms with Crippen molar-refractivity contribution in [1.29, 1.82) is 0 Å². The van der Waals surface area contributed by atoms with Gasteiger partial charge in [-0.25, -0.2) is 4.98 Å². The highest BCUT2D eigenvalue weighted by atomic mass is 16.2. The van der Waals surface area contributed by atoms with Crippen molar-refractivity contribution in [2.75, 3.05) is 17.3 Å². The Bertz CT molecular complexity index is 1020. The molecule has 0 aliphatic heterocycles. The Balaban J connectivity index is 1.83. The van der Waals surface area contributed by atoms with Crippen LogP contribution < -0.4 is 10.2 Å². The van der Waals surface area contributed by atoms with Gasteiger partial charge >= 0.3 is 0 Å². The largest absolute Gasteiger partial charge is 0.320 e. The number of para-hydroxylation sites is 2. The maximum atomic E-state index is 12.8. The number of anilines is 2. The van der Waals surface area contributed by atoms with E-state index in [0.29, 0.717) is 0 Å². The molecule has 0 bridgehead atoms. The number of nitrogens with one attached hydrogen (secondary N) is 1. The molecule has 0 saturated heterocycles. The second-order valence-corrected chi connectivity index (χ2v) is 7.86. The van der Waals surface area contributed by atoms with Crippen molar-refractivity contribution in [2.45, 2.75) is 26.2 Å². The van der Waals surface area contributed by atoms with E-state index in [2.05, 4.69) is 31.1 Å². The van der Waals surface area contributed by atoms with E-state index in [-0.39, 0.29) is 28.6 Å². The molecule has 1 N–H and O–H groups in total. The molecule has 5 heteroatoms. The summed E-state index contributed by atoms with van der Waals surface area (Å²) < 4.78 is 0. The van der Waals surface area contributed by atoms with E-state index in [1.54, 1.807) is 25.2 Å². The zero-order chi connectivity index (χ0) is 21.0. The maximum absolute atomic E-state index is 12.8. The van der Waals surface area contributed by atoms with E-state index in [0.717, 1.165) is 16.9 Å². The van der Waals surface area contributed by atoms with Gasteiger partial charge in [-0.1, -0.05) is 63.2 Å². The van der Waals surface area contributed by atoms with Gasteiger partial charge in [0.15, 0.2) is 0 Å². The van der Waals surface area contributed by atoms with E-state index in [9.17, 15) is 9.59 Å². The van der Waals surface area contributed by atoms with Crippen molar-refractivity contribution < 1.29 is 9.59 Å². The SMILES string of the molecule is CN(C(=O)c1cccc(C(=O)Nc2ccccc2C(C)(C)C)n1)c1ccccc1. The topological polar surface area (TPSA) is 62.3 Å². The number of aromatic nitrogens is 1. The van der Waals surface area contributed by atoms with Crippen LogP contribution in [-0.4, -0.2) is 23.8 Å². The minimum absolute atomic E-state index is 0.118. The Kier molecular flexibility index (Phi) is 5.78. The fourth-order valence-electron chi connectivity index (χ4n) is 3.05. The summed E-state index contributed by atoms with van der Waals surface area (Å²) in [6.07, 6.45) is 0. The Hall–Kier alpha value is -3.47. The number of hydrogen-bond donors (Lipinski definition) is 1. The Morgan fingerprint density at radius 3 is 2.14 bits per heavy atom. The number of carbonyl (C=O) groups is 2. The third kappa shape index (κ3) is 4.69. The smallest absolute Gasteiger partial charge is 0.276 e. The van der Waals surface area contributed by atoms with Gasteiger partial charge in [0.25, 0.3) is 11.8 Å². The van der Waals surface area contributed by atoms with Gasteiger partial charge in [0.2, 0.25) is 0 Å². The van der Waals surface area contributed by atoms with E-state index < -0.39 is 0 Å². The zero-order valence-corrected chi connectivity index (χ0v) is 17.1. The van der Waals surface area contributed by atoms with Crippen LogP contribution in [-0.2, 0) is 5.41 Å². The molecule has 0 aliphatic rings. The number of rotatable bonds is 4. The Labute approximate surface area is 171 Å². The van der Waals surface area contributed by atoms with E-state index in [4.69, 9.17) is 0 Å². The summed E-state index contributed by atoms with van der Waals surface area (Å²) in [5, 5.41) is 2.93. The summed E-state index contributed by atoms with van der Waals surface area (Å²) in [5.41, 5.74) is 2.82. The lowest BCUT2D eigenvalue weighted by atomic mass is 9.86. The standard InChI is InChI=1S/C24H25N3O2/c1-24(2,3)18-13-8-9-14-19(18)26-22(28)20-15-10-16-21(25-20)23(29)27(4)17-11-6-5-7-12-17/h5-16H,1-4H3,(H,26,28). The highest BCUT2D eigenvalue weighted by Gasteiger charge is 2.20. The number of hydrogen-bond acceptors (Lipinski definition) is 3. The number of nitrogens with zero attached hydrogens (tertiary/aromatic N) is 2. The van der Waals surface area contributed by atoms with Crippen molar-refractivity contribution >= 4 is 23.2 Å². The molecule has 3 aromatic rings. The Morgan fingerprint density at radius 2 is 1.45 bits per heavy atom. The van der Waals surface area contributed by atoms with Gasteiger partial charge in [0.1, 0.15) is 11.4 Å². The number of carbonyl (C=O) groups excluding carboxylic acids is 2. The molecule has 2 amide bonds. The van der Waals surface area contributed by atoms with Gasteiger partial charge < -0.3 is 10.2 Å². The van der Waals surface area contributed by atoms with Crippen LogP contribution in [0.3, 0.4) is 0 Å². The normalized spacial score (nSPS) is 11.0. The molecule has 0 atom stereocenters. The van der Waals surface area contributed by atoms with Crippen LogP contribution in [0.1, 0.15) is 47.3 Å². The predicted octanol–water partition coefficient (Wildman–Crippen LogP) is 4.91. The van der Waals surface area contributed by atoms with Crippen molar-refractivity contribution in [3.63, 3.8) is 0 Å². The summed E-state index contributed by atoms with van der Waals surface area (Å²) in [6.45, 7) is 6.28. The molecule has 0 saturated carbocycles. The quantitative estimate of drug-likeness (QED) is 0.692. The monoisotopic (exact) mass is 387 g/mol. The molecule has 0 radical (unpaired) electrons. The summed E-state index contributed by atoms with van der Waals surface area (Å²) in [6, 6.07) is 21.9. The van der Waals surface area contributed by atoms with Gasteiger partial charge in [-0.05, 0) is 41.3 Å². The van der Waals surface area contributed by atoms with E-state index >= 15 is 0 Å². The first-order chi connectivity index (χ1) is 13.8. The number of pyridine rings is 1. The lowest BCUT2D eigenvalue weighted by Crippen LogP contribution is -2.28. The predicted molar refractivity (Wildman–Crippen MR) is 117 cm³/mol. The van der Waals surface area contributed by atoms with Gasteiger partial charge in [0, 0.05) is 18.4 Å². The summed E-state index contributed by atoms with van der Waals surface area (Å²) in [4.78, 5) is 31.4. The van der Waals surface area contributed by atoms with Crippen LogP contribution in [0, 0.1) is 0 Å². The highest BCUT2D eigenvalue weighted by Crippen LogP contribution is 2.29. The van der Waals surface area contributed by atoms with Crippen LogP contribution in [0.4, 0.5) is 11.4 Å². The molecule has 0 spiro atoms. The van der Waals surface area contributed by atoms with Gasteiger partial charge in [-0.15, -0.1) is 0 Å². The van der Waals surface area contributed by atoms with E-state index in [1.807, 2.05) is 54.6 Å². The summed E-state index contributed by atoms with van der Waals surface area (Å²) in [5.74, 6) is -0.625. The minimum atomic E-state index is -0.348. The molecule has 1 heterocycles.